The Morgan fingerprint density at radius 1 is 1.04 bits per heavy atom. The average molecular weight is 368 g/mol. The topological polar surface area (TPSA) is 47.4 Å². The van der Waals surface area contributed by atoms with Crippen LogP contribution in [0.1, 0.15) is 21.7 Å². The number of rotatable bonds is 5. The van der Waals surface area contributed by atoms with E-state index in [0.717, 1.165) is 17.0 Å². The summed E-state index contributed by atoms with van der Waals surface area (Å²) >= 11 is 6.22. The summed E-state index contributed by atoms with van der Waals surface area (Å²) in [5.41, 5.74) is 2.29. The fraction of sp³-hybridized carbons (Fsp3) is 0.200. The molecule has 0 N–H and O–H groups in total. The molecule has 0 fully saturated rings. The van der Waals surface area contributed by atoms with Crippen molar-refractivity contribution in [3.8, 4) is 5.75 Å². The number of ether oxygens (including phenoxy) is 1. The Kier molecular flexibility index (Phi) is 4.63. The number of halogens is 1. The molecule has 3 aromatic rings. The zero-order valence-electron chi connectivity index (χ0n) is 14.1. The molecule has 6 heteroatoms. The minimum Gasteiger partial charge on any atom is -0.487 e. The zero-order valence-corrected chi connectivity index (χ0v) is 14.9. The normalized spacial score (nSPS) is 13.6. The monoisotopic (exact) mass is 367 g/mol. The van der Waals surface area contributed by atoms with Crippen LogP contribution in [0.25, 0.3) is 0 Å². The van der Waals surface area contributed by atoms with E-state index in [4.69, 9.17) is 16.3 Å². The van der Waals surface area contributed by atoms with Crippen LogP contribution in [-0.2, 0) is 19.7 Å². The minimum atomic E-state index is -0.0327. The zero-order chi connectivity index (χ0) is 17.9. The lowest BCUT2D eigenvalue weighted by molar-refractivity contribution is 0.0683. The molecule has 1 aliphatic rings. The number of amides is 1. The lowest BCUT2D eigenvalue weighted by Gasteiger charge is -2.27. The standard InChI is InChI=1S/C20H18ClN3O2/c21-18-9-5-4-6-15(18)13-23-10-11-24-19(20(23)25)12-16(22-24)14-26-17-7-2-1-3-8-17/h1-9,12H,10-11,13-14H2. The number of para-hydroxylation sites is 1. The molecule has 0 saturated carbocycles. The summed E-state index contributed by atoms with van der Waals surface area (Å²) in [5.74, 6) is 0.750. The molecule has 0 bridgehead atoms. The molecule has 1 amide bonds. The summed E-state index contributed by atoms with van der Waals surface area (Å²) in [6, 6.07) is 19.0. The molecule has 2 heterocycles. The quantitative estimate of drug-likeness (QED) is 0.689. The first-order valence-electron chi connectivity index (χ1n) is 8.48. The maximum absolute atomic E-state index is 12.8. The first-order chi connectivity index (χ1) is 12.7. The smallest absolute Gasteiger partial charge is 0.272 e. The van der Waals surface area contributed by atoms with Crippen LogP contribution in [0.5, 0.6) is 5.75 Å². The summed E-state index contributed by atoms with van der Waals surface area (Å²) in [4.78, 5) is 14.6. The second kappa shape index (κ2) is 7.22. The van der Waals surface area contributed by atoms with Gasteiger partial charge in [0.2, 0.25) is 0 Å². The molecule has 1 aromatic heterocycles. The highest BCUT2D eigenvalue weighted by molar-refractivity contribution is 6.31. The van der Waals surface area contributed by atoms with Crippen molar-refractivity contribution in [2.75, 3.05) is 6.54 Å². The fourth-order valence-corrected chi connectivity index (χ4v) is 3.21. The van der Waals surface area contributed by atoms with Gasteiger partial charge in [0, 0.05) is 18.1 Å². The minimum absolute atomic E-state index is 0.0327. The molecule has 0 atom stereocenters. The van der Waals surface area contributed by atoms with E-state index in [9.17, 15) is 4.79 Å². The number of nitrogens with zero attached hydrogens (tertiary/aromatic N) is 3. The summed E-state index contributed by atoms with van der Waals surface area (Å²) in [6.07, 6.45) is 0. The van der Waals surface area contributed by atoms with Crippen molar-refractivity contribution in [1.29, 1.82) is 0 Å². The molecule has 1 aliphatic heterocycles. The van der Waals surface area contributed by atoms with Crippen molar-refractivity contribution in [1.82, 2.24) is 14.7 Å². The molecule has 0 spiro atoms. The first kappa shape index (κ1) is 16.7. The Bertz CT molecular complexity index is 924. The van der Waals surface area contributed by atoms with Crippen molar-refractivity contribution >= 4 is 17.5 Å². The maximum atomic E-state index is 12.8. The predicted molar refractivity (Wildman–Crippen MR) is 99.2 cm³/mol. The van der Waals surface area contributed by atoms with Crippen molar-refractivity contribution in [2.24, 2.45) is 0 Å². The lowest BCUT2D eigenvalue weighted by atomic mass is 10.2. The number of aromatic nitrogens is 2. The van der Waals surface area contributed by atoms with Gasteiger partial charge in [-0.2, -0.15) is 5.10 Å². The highest BCUT2D eigenvalue weighted by Crippen LogP contribution is 2.21. The van der Waals surface area contributed by atoms with Gasteiger partial charge < -0.3 is 9.64 Å². The summed E-state index contributed by atoms with van der Waals surface area (Å²) in [6.45, 7) is 2.11. The fourth-order valence-electron chi connectivity index (χ4n) is 3.02. The molecule has 0 radical (unpaired) electrons. The average Bonchev–Trinajstić information content (AvgIpc) is 3.09. The third-order valence-electron chi connectivity index (χ3n) is 4.37. The van der Waals surface area contributed by atoms with Gasteiger partial charge in [-0.05, 0) is 29.8 Å². The second-order valence-electron chi connectivity index (χ2n) is 6.16. The number of fused-ring (bicyclic) bond motifs is 1. The second-order valence-corrected chi connectivity index (χ2v) is 6.57. The molecule has 0 saturated heterocycles. The molecule has 0 aliphatic carbocycles. The van der Waals surface area contributed by atoms with Crippen molar-refractivity contribution in [2.45, 2.75) is 19.7 Å². The van der Waals surface area contributed by atoms with Gasteiger partial charge in [0.15, 0.2) is 0 Å². The summed E-state index contributed by atoms with van der Waals surface area (Å²) in [7, 11) is 0. The van der Waals surface area contributed by atoms with Gasteiger partial charge in [-0.3, -0.25) is 9.48 Å². The molecule has 132 valence electrons. The Morgan fingerprint density at radius 3 is 2.62 bits per heavy atom. The van der Waals surface area contributed by atoms with Crippen molar-refractivity contribution in [3.63, 3.8) is 0 Å². The van der Waals surface area contributed by atoms with Crippen LogP contribution in [0.3, 0.4) is 0 Å². The van der Waals surface area contributed by atoms with Gasteiger partial charge in [-0.1, -0.05) is 48.0 Å². The van der Waals surface area contributed by atoms with E-state index >= 15 is 0 Å². The Labute approximate surface area is 156 Å². The largest absolute Gasteiger partial charge is 0.487 e. The van der Waals surface area contributed by atoms with Gasteiger partial charge in [-0.15, -0.1) is 0 Å². The molecule has 4 rings (SSSR count). The van der Waals surface area contributed by atoms with Crippen LogP contribution in [-0.4, -0.2) is 27.1 Å². The molecule has 0 unspecified atom stereocenters. The van der Waals surface area contributed by atoms with E-state index in [1.54, 1.807) is 9.58 Å². The molecule has 26 heavy (non-hydrogen) atoms. The van der Waals surface area contributed by atoms with Crippen LogP contribution >= 0.6 is 11.6 Å². The van der Waals surface area contributed by atoms with Gasteiger partial charge in [0.05, 0.1) is 6.54 Å². The summed E-state index contributed by atoms with van der Waals surface area (Å²) in [5, 5.41) is 5.17. The number of carbonyl (C=O) groups excluding carboxylic acids is 1. The van der Waals surface area contributed by atoms with Gasteiger partial charge in [0.1, 0.15) is 23.7 Å². The number of hydrogen-bond donors (Lipinski definition) is 0. The van der Waals surface area contributed by atoms with Crippen LogP contribution in [0.4, 0.5) is 0 Å². The number of hydrogen-bond acceptors (Lipinski definition) is 3. The SMILES string of the molecule is O=C1c2cc(COc3ccccc3)nn2CCN1Cc1ccccc1Cl. The highest BCUT2D eigenvalue weighted by Gasteiger charge is 2.26. The Balaban J connectivity index is 1.46. The van der Waals surface area contributed by atoms with Gasteiger partial charge >= 0.3 is 0 Å². The summed E-state index contributed by atoms with van der Waals surface area (Å²) < 4.78 is 7.48. The van der Waals surface area contributed by atoms with E-state index in [1.807, 2.05) is 60.7 Å². The maximum Gasteiger partial charge on any atom is 0.272 e. The van der Waals surface area contributed by atoms with Crippen molar-refractivity contribution < 1.29 is 9.53 Å². The van der Waals surface area contributed by atoms with Crippen molar-refractivity contribution in [3.05, 3.63) is 82.6 Å². The number of carbonyl (C=O) groups is 1. The third kappa shape index (κ3) is 3.44. The van der Waals surface area contributed by atoms with E-state index in [-0.39, 0.29) is 5.91 Å². The van der Waals surface area contributed by atoms with E-state index < -0.39 is 0 Å². The van der Waals surface area contributed by atoms with E-state index in [2.05, 4.69) is 5.10 Å². The van der Waals surface area contributed by atoms with E-state index in [1.165, 1.54) is 0 Å². The number of benzene rings is 2. The highest BCUT2D eigenvalue weighted by atomic mass is 35.5. The lowest BCUT2D eigenvalue weighted by Crippen LogP contribution is -2.39. The molecule has 5 nitrogen and oxygen atoms in total. The van der Waals surface area contributed by atoms with Gasteiger partial charge in [0.25, 0.3) is 5.91 Å². The first-order valence-corrected chi connectivity index (χ1v) is 8.86. The Morgan fingerprint density at radius 2 is 1.81 bits per heavy atom. The van der Waals surface area contributed by atoms with Crippen LogP contribution in [0, 0.1) is 0 Å². The predicted octanol–water partition coefficient (Wildman–Crippen LogP) is 3.77. The van der Waals surface area contributed by atoms with Crippen LogP contribution in [0.15, 0.2) is 60.7 Å². The third-order valence-corrected chi connectivity index (χ3v) is 4.74. The van der Waals surface area contributed by atoms with Crippen LogP contribution in [0.2, 0.25) is 5.02 Å². The molecular weight excluding hydrogens is 350 g/mol. The molecular formula is C20H18ClN3O2. The Hall–Kier alpha value is -2.79. The van der Waals surface area contributed by atoms with Crippen LogP contribution < -0.4 is 4.74 Å². The van der Waals surface area contributed by atoms with E-state index in [0.29, 0.717) is 37.0 Å². The molecule has 2 aromatic carbocycles. The van der Waals surface area contributed by atoms with Gasteiger partial charge in [-0.25, -0.2) is 0 Å².